The van der Waals surface area contributed by atoms with E-state index in [2.05, 4.69) is 10.1 Å². The number of hydrogen-bond donors (Lipinski definition) is 0. The summed E-state index contributed by atoms with van der Waals surface area (Å²) in [5.74, 6) is 1.42. The van der Waals surface area contributed by atoms with Crippen LogP contribution in [0.5, 0.6) is 11.5 Å². The average molecular weight is 404 g/mol. The molecule has 1 atom stereocenters. The number of fused-ring (bicyclic) bond motifs is 1. The lowest BCUT2D eigenvalue weighted by Gasteiger charge is -2.11. The zero-order chi connectivity index (χ0) is 19.9. The molecule has 3 aromatic rings. The van der Waals surface area contributed by atoms with Crippen LogP contribution in [-0.2, 0) is 16.4 Å². The van der Waals surface area contributed by atoms with Gasteiger partial charge in [-0.2, -0.15) is 5.10 Å². The van der Waals surface area contributed by atoms with Crippen molar-refractivity contribution in [3.8, 4) is 11.5 Å². The van der Waals surface area contributed by atoms with Gasteiger partial charge in [-0.25, -0.2) is 18.1 Å². The van der Waals surface area contributed by atoms with Gasteiger partial charge in [-0.05, 0) is 24.1 Å². The maximum absolute atomic E-state index is 12.9. The number of sulfone groups is 1. The van der Waals surface area contributed by atoms with Crippen LogP contribution in [0.25, 0.3) is 11.0 Å². The van der Waals surface area contributed by atoms with E-state index >= 15 is 0 Å². The molecule has 1 saturated heterocycles. The molecule has 1 aliphatic heterocycles. The van der Waals surface area contributed by atoms with Gasteiger partial charge in [0.2, 0.25) is 0 Å². The third-order valence-corrected chi connectivity index (χ3v) is 6.65. The number of benzene rings is 1. The first-order valence-corrected chi connectivity index (χ1v) is 10.6. The normalized spacial score (nSPS) is 18.4. The fourth-order valence-electron chi connectivity index (χ4n) is 3.47. The van der Waals surface area contributed by atoms with E-state index < -0.39 is 9.84 Å². The minimum atomic E-state index is -3.06. The van der Waals surface area contributed by atoms with Gasteiger partial charge in [0.05, 0.1) is 44.5 Å². The Hall–Kier alpha value is -2.88. The lowest BCUT2D eigenvalue weighted by atomic mass is 10.2. The van der Waals surface area contributed by atoms with Crippen LogP contribution >= 0.6 is 0 Å². The second-order valence-corrected chi connectivity index (χ2v) is 9.01. The molecule has 1 fully saturated rings. The predicted octanol–water partition coefficient (Wildman–Crippen LogP) is 1.02. The van der Waals surface area contributed by atoms with Crippen LogP contribution in [0.1, 0.15) is 18.0 Å². The molecule has 0 amide bonds. The Bertz CT molecular complexity index is 1180. The third-order valence-electron chi connectivity index (χ3n) is 4.90. The molecule has 148 valence electrons. The van der Waals surface area contributed by atoms with Gasteiger partial charge in [0.1, 0.15) is 23.2 Å². The highest BCUT2D eigenvalue weighted by Crippen LogP contribution is 2.26. The first kappa shape index (κ1) is 18.5. The quantitative estimate of drug-likeness (QED) is 0.625. The van der Waals surface area contributed by atoms with Crippen molar-refractivity contribution in [3.05, 3.63) is 46.6 Å². The van der Waals surface area contributed by atoms with E-state index in [1.54, 1.807) is 25.0 Å². The molecule has 0 radical (unpaired) electrons. The van der Waals surface area contributed by atoms with Crippen molar-refractivity contribution in [2.24, 2.45) is 0 Å². The molecule has 0 N–H and O–H groups in total. The number of methoxy groups -OCH3 is 2. The molecule has 4 rings (SSSR count). The summed E-state index contributed by atoms with van der Waals surface area (Å²) in [7, 11) is 0.0728. The minimum absolute atomic E-state index is 0.0259. The molecule has 1 aromatic carbocycles. The van der Waals surface area contributed by atoms with Gasteiger partial charge in [-0.1, -0.05) is 0 Å². The first-order chi connectivity index (χ1) is 13.4. The van der Waals surface area contributed by atoms with Crippen molar-refractivity contribution in [2.75, 3.05) is 25.7 Å². The molecule has 0 bridgehead atoms. The van der Waals surface area contributed by atoms with E-state index in [4.69, 9.17) is 9.47 Å². The summed E-state index contributed by atoms with van der Waals surface area (Å²) < 4.78 is 37.1. The van der Waals surface area contributed by atoms with Crippen LogP contribution in [0.3, 0.4) is 0 Å². The third kappa shape index (κ3) is 3.35. The lowest BCUT2D eigenvalue weighted by Crippen LogP contribution is -2.22. The van der Waals surface area contributed by atoms with Gasteiger partial charge in [-0.15, -0.1) is 0 Å². The molecular formula is C18H20N4O5S. The molecule has 28 heavy (non-hydrogen) atoms. The second-order valence-electron chi connectivity index (χ2n) is 6.78. The molecule has 1 unspecified atom stereocenters. The molecule has 2 aromatic heterocycles. The van der Waals surface area contributed by atoms with E-state index in [1.165, 1.54) is 17.1 Å². The summed E-state index contributed by atoms with van der Waals surface area (Å²) in [6, 6.07) is 5.12. The maximum atomic E-state index is 12.9. The zero-order valence-electron chi connectivity index (χ0n) is 15.5. The fourth-order valence-corrected chi connectivity index (χ4v) is 5.16. The summed E-state index contributed by atoms with van der Waals surface area (Å²) >= 11 is 0. The summed E-state index contributed by atoms with van der Waals surface area (Å²) in [4.78, 5) is 17.3. The van der Waals surface area contributed by atoms with Gasteiger partial charge >= 0.3 is 0 Å². The maximum Gasteiger partial charge on any atom is 0.264 e. The van der Waals surface area contributed by atoms with E-state index in [1.807, 2.05) is 12.1 Å². The van der Waals surface area contributed by atoms with Gasteiger partial charge in [0.25, 0.3) is 5.56 Å². The van der Waals surface area contributed by atoms with Crippen LogP contribution in [0.15, 0.2) is 35.5 Å². The largest absolute Gasteiger partial charge is 0.497 e. The molecular weight excluding hydrogens is 384 g/mol. The van der Waals surface area contributed by atoms with E-state index in [0.29, 0.717) is 35.5 Å². The summed E-state index contributed by atoms with van der Waals surface area (Å²) in [5, 5.41) is 4.61. The molecule has 9 nitrogen and oxygen atoms in total. The zero-order valence-corrected chi connectivity index (χ0v) is 16.3. The van der Waals surface area contributed by atoms with Crippen LogP contribution in [0.4, 0.5) is 0 Å². The highest BCUT2D eigenvalue weighted by Gasteiger charge is 2.31. The molecule has 1 aliphatic rings. The lowest BCUT2D eigenvalue weighted by molar-refractivity contribution is 0.393. The van der Waals surface area contributed by atoms with Crippen LogP contribution in [0.2, 0.25) is 0 Å². The predicted molar refractivity (Wildman–Crippen MR) is 103 cm³/mol. The van der Waals surface area contributed by atoms with Crippen LogP contribution < -0.4 is 15.0 Å². The Morgan fingerprint density at radius 3 is 2.50 bits per heavy atom. The van der Waals surface area contributed by atoms with E-state index in [9.17, 15) is 13.2 Å². The van der Waals surface area contributed by atoms with Gasteiger partial charge < -0.3 is 9.47 Å². The molecule has 10 heteroatoms. The average Bonchev–Trinajstić information content (AvgIpc) is 3.26. The number of nitrogens with zero attached hydrogens (tertiary/aromatic N) is 4. The summed E-state index contributed by atoms with van der Waals surface area (Å²) in [6.07, 6.45) is 3.39. The van der Waals surface area contributed by atoms with Gasteiger partial charge in [-0.3, -0.25) is 9.36 Å². The summed E-state index contributed by atoms with van der Waals surface area (Å²) in [6.45, 7) is 0.290. The van der Waals surface area contributed by atoms with Gasteiger partial charge in [0.15, 0.2) is 15.5 Å². The number of rotatable bonds is 5. The first-order valence-electron chi connectivity index (χ1n) is 8.75. The van der Waals surface area contributed by atoms with E-state index in [0.717, 1.165) is 5.56 Å². The van der Waals surface area contributed by atoms with Crippen LogP contribution in [0, 0.1) is 0 Å². The monoisotopic (exact) mass is 404 g/mol. The smallest absolute Gasteiger partial charge is 0.264 e. The van der Waals surface area contributed by atoms with Gasteiger partial charge in [0, 0.05) is 6.07 Å². The molecule has 3 heterocycles. The Labute approximate surface area is 161 Å². The highest BCUT2D eigenvalue weighted by atomic mass is 32.2. The minimum Gasteiger partial charge on any atom is -0.497 e. The highest BCUT2D eigenvalue weighted by molar-refractivity contribution is 7.91. The molecule has 0 saturated carbocycles. The SMILES string of the molecule is COc1cc(Cn2cnc3c(cnn3C3CCS(=O)(=O)C3)c2=O)cc(OC)c1. The standard InChI is InChI=1S/C18H20N4O5S/c1-26-14-5-12(6-15(7-14)27-2)9-21-11-19-17-16(18(21)23)8-20-22(17)13-3-4-28(24,25)10-13/h5-8,11,13H,3-4,9-10H2,1-2H3. The second kappa shape index (κ2) is 6.93. The Kier molecular flexibility index (Phi) is 4.58. The van der Waals surface area contributed by atoms with E-state index in [-0.39, 0.29) is 23.1 Å². The Balaban J connectivity index is 1.69. The van der Waals surface area contributed by atoms with Crippen LogP contribution in [-0.4, -0.2) is 53.5 Å². The number of ether oxygens (including phenoxy) is 2. The Morgan fingerprint density at radius 1 is 1.18 bits per heavy atom. The van der Waals surface area contributed by atoms with Crippen molar-refractivity contribution in [1.29, 1.82) is 0 Å². The van der Waals surface area contributed by atoms with Crippen molar-refractivity contribution in [3.63, 3.8) is 0 Å². The van der Waals surface area contributed by atoms with Crippen molar-refractivity contribution >= 4 is 20.9 Å². The molecule has 0 aliphatic carbocycles. The number of hydrogen-bond acceptors (Lipinski definition) is 7. The van der Waals surface area contributed by atoms with Crippen molar-refractivity contribution < 1.29 is 17.9 Å². The van der Waals surface area contributed by atoms with Crippen molar-refractivity contribution in [2.45, 2.75) is 19.0 Å². The number of aromatic nitrogens is 4. The van der Waals surface area contributed by atoms with Crippen molar-refractivity contribution in [1.82, 2.24) is 19.3 Å². The fraction of sp³-hybridized carbons (Fsp3) is 0.389. The topological polar surface area (TPSA) is 105 Å². The Morgan fingerprint density at radius 2 is 1.89 bits per heavy atom. The molecule has 0 spiro atoms. The summed E-state index contributed by atoms with van der Waals surface area (Å²) in [5.41, 5.74) is 0.999.